The van der Waals surface area contributed by atoms with Gasteiger partial charge in [-0.3, -0.25) is 13.9 Å². The number of para-hydroxylation sites is 1. The Kier molecular flexibility index (Phi) is 7.96. The number of nitrogens with one attached hydrogen (secondary N) is 1. The normalized spacial score (nSPS) is 13.8. The van der Waals surface area contributed by atoms with Gasteiger partial charge in [-0.05, 0) is 80.3 Å². The van der Waals surface area contributed by atoms with Gasteiger partial charge in [-0.1, -0.05) is 35.9 Å². The van der Waals surface area contributed by atoms with E-state index in [1.807, 2.05) is 13.0 Å². The molecule has 36 heavy (non-hydrogen) atoms. The van der Waals surface area contributed by atoms with Gasteiger partial charge in [0.1, 0.15) is 6.54 Å². The number of likely N-dealkylation sites (tertiary alicyclic amines) is 1. The zero-order valence-electron chi connectivity index (χ0n) is 20.0. The summed E-state index contributed by atoms with van der Waals surface area (Å²) in [6, 6.07) is 19.5. The summed E-state index contributed by atoms with van der Waals surface area (Å²) in [6.45, 7) is 2.74. The number of nitrogens with zero attached hydrogens (tertiary/aromatic N) is 2. The van der Waals surface area contributed by atoms with Crippen LogP contribution in [-0.4, -0.2) is 44.8 Å². The van der Waals surface area contributed by atoms with Crippen LogP contribution in [-0.2, 0) is 14.8 Å². The van der Waals surface area contributed by atoms with Crippen LogP contribution in [0.3, 0.4) is 0 Å². The zero-order valence-corrected chi connectivity index (χ0v) is 21.6. The highest BCUT2D eigenvalue weighted by molar-refractivity contribution is 7.92. The van der Waals surface area contributed by atoms with Gasteiger partial charge in [0.25, 0.3) is 15.9 Å². The lowest BCUT2D eigenvalue weighted by Gasteiger charge is -2.28. The number of rotatable bonds is 7. The minimum atomic E-state index is -4.08. The van der Waals surface area contributed by atoms with Crippen LogP contribution in [0.4, 0.5) is 11.4 Å². The molecule has 4 rings (SSSR count). The van der Waals surface area contributed by atoms with Crippen molar-refractivity contribution in [2.45, 2.75) is 31.1 Å². The number of hydrogen-bond donors (Lipinski definition) is 1. The Morgan fingerprint density at radius 2 is 1.64 bits per heavy atom. The number of anilines is 2. The van der Waals surface area contributed by atoms with E-state index in [0.717, 1.165) is 29.1 Å². The molecule has 0 spiro atoms. The Morgan fingerprint density at radius 3 is 2.33 bits per heavy atom. The van der Waals surface area contributed by atoms with Crippen molar-refractivity contribution in [1.29, 1.82) is 0 Å². The molecule has 0 aromatic heterocycles. The number of benzene rings is 3. The maximum Gasteiger partial charge on any atom is 0.264 e. The molecule has 1 heterocycles. The Labute approximate surface area is 216 Å². The van der Waals surface area contributed by atoms with E-state index < -0.39 is 22.5 Å². The summed E-state index contributed by atoms with van der Waals surface area (Å²) in [7, 11) is -4.08. The monoisotopic (exact) mass is 525 g/mol. The van der Waals surface area contributed by atoms with Gasteiger partial charge in [0.05, 0.1) is 21.8 Å². The van der Waals surface area contributed by atoms with Crippen LogP contribution >= 0.6 is 11.6 Å². The molecule has 0 saturated carbocycles. The van der Waals surface area contributed by atoms with E-state index in [-0.39, 0.29) is 10.8 Å². The SMILES string of the molecule is Cc1cccc(N(CC(=O)Nc2ccccc2C(=O)N2CCCCC2)S(=O)(=O)c2ccc(Cl)cc2)c1. The number of halogens is 1. The molecule has 7 nitrogen and oxygen atoms in total. The van der Waals surface area contributed by atoms with E-state index in [1.54, 1.807) is 47.4 Å². The molecule has 3 aromatic carbocycles. The van der Waals surface area contributed by atoms with Crippen molar-refractivity contribution in [3.05, 3.63) is 88.9 Å². The molecule has 0 unspecified atom stereocenters. The molecule has 3 aromatic rings. The Morgan fingerprint density at radius 1 is 0.944 bits per heavy atom. The number of amides is 2. The highest BCUT2D eigenvalue weighted by Crippen LogP contribution is 2.26. The van der Waals surface area contributed by atoms with Crippen LogP contribution in [0.2, 0.25) is 5.02 Å². The average molecular weight is 526 g/mol. The molecule has 0 bridgehead atoms. The minimum Gasteiger partial charge on any atom is -0.339 e. The third-order valence-electron chi connectivity index (χ3n) is 6.05. The van der Waals surface area contributed by atoms with Crippen molar-refractivity contribution < 1.29 is 18.0 Å². The van der Waals surface area contributed by atoms with E-state index in [2.05, 4.69) is 5.32 Å². The van der Waals surface area contributed by atoms with E-state index >= 15 is 0 Å². The second-order valence-corrected chi connectivity index (χ2v) is 11.0. The fourth-order valence-electron chi connectivity index (χ4n) is 4.20. The van der Waals surface area contributed by atoms with Gasteiger partial charge in [-0.25, -0.2) is 8.42 Å². The topological polar surface area (TPSA) is 86.8 Å². The summed E-state index contributed by atoms with van der Waals surface area (Å²) in [6.07, 6.45) is 3.00. The van der Waals surface area contributed by atoms with E-state index in [1.165, 1.54) is 24.3 Å². The molecule has 0 atom stereocenters. The predicted octanol–water partition coefficient (Wildman–Crippen LogP) is 5.11. The van der Waals surface area contributed by atoms with Gasteiger partial charge in [0.2, 0.25) is 5.91 Å². The first kappa shape index (κ1) is 25.7. The van der Waals surface area contributed by atoms with Crippen LogP contribution in [0.5, 0.6) is 0 Å². The first-order valence-corrected chi connectivity index (χ1v) is 13.6. The Balaban J connectivity index is 1.61. The molecule has 9 heteroatoms. The van der Waals surface area contributed by atoms with Gasteiger partial charge in [0, 0.05) is 18.1 Å². The summed E-state index contributed by atoms with van der Waals surface area (Å²) in [5.74, 6) is -0.706. The molecule has 0 aliphatic carbocycles. The number of hydrogen-bond acceptors (Lipinski definition) is 4. The predicted molar refractivity (Wildman–Crippen MR) is 142 cm³/mol. The van der Waals surface area contributed by atoms with Crippen LogP contribution in [0.1, 0.15) is 35.2 Å². The maximum atomic E-state index is 13.6. The highest BCUT2D eigenvalue weighted by Gasteiger charge is 2.28. The number of piperidine rings is 1. The van der Waals surface area contributed by atoms with Gasteiger partial charge in [-0.2, -0.15) is 0 Å². The van der Waals surface area contributed by atoms with Crippen molar-refractivity contribution in [2.24, 2.45) is 0 Å². The van der Waals surface area contributed by atoms with E-state index in [4.69, 9.17) is 11.6 Å². The van der Waals surface area contributed by atoms with Crippen molar-refractivity contribution in [3.8, 4) is 0 Å². The Hall–Kier alpha value is -3.36. The third kappa shape index (κ3) is 5.88. The lowest BCUT2D eigenvalue weighted by Crippen LogP contribution is -2.39. The molecule has 188 valence electrons. The van der Waals surface area contributed by atoms with Crippen LogP contribution in [0.25, 0.3) is 0 Å². The van der Waals surface area contributed by atoms with Crippen LogP contribution in [0.15, 0.2) is 77.7 Å². The van der Waals surface area contributed by atoms with Crippen molar-refractivity contribution in [1.82, 2.24) is 4.90 Å². The summed E-state index contributed by atoms with van der Waals surface area (Å²) in [5.41, 5.74) is 1.95. The fourth-order valence-corrected chi connectivity index (χ4v) is 5.74. The number of aryl methyl sites for hydroxylation is 1. The summed E-state index contributed by atoms with van der Waals surface area (Å²) in [5, 5.41) is 3.17. The molecular formula is C27H28ClN3O4S. The molecule has 1 N–H and O–H groups in total. The summed E-state index contributed by atoms with van der Waals surface area (Å²) >= 11 is 5.95. The molecular weight excluding hydrogens is 498 g/mol. The molecule has 0 radical (unpaired) electrons. The second-order valence-electron chi connectivity index (χ2n) is 8.75. The number of sulfonamides is 1. The minimum absolute atomic E-state index is 0.0156. The first-order valence-electron chi connectivity index (χ1n) is 11.8. The maximum absolute atomic E-state index is 13.6. The van der Waals surface area contributed by atoms with Crippen LogP contribution in [0, 0.1) is 6.92 Å². The summed E-state index contributed by atoms with van der Waals surface area (Å²) in [4.78, 5) is 28.1. The van der Waals surface area contributed by atoms with Crippen molar-refractivity contribution in [2.75, 3.05) is 29.3 Å². The van der Waals surface area contributed by atoms with Crippen molar-refractivity contribution in [3.63, 3.8) is 0 Å². The van der Waals surface area contributed by atoms with Gasteiger partial charge >= 0.3 is 0 Å². The van der Waals surface area contributed by atoms with Gasteiger partial charge in [0.15, 0.2) is 0 Å². The number of carbonyl (C=O) groups excluding carboxylic acids is 2. The molecule has 1 aliphatic heterocycles. The van der Waals surface area contributed by atoms with E-state index in [0.29, 0.717) is 35.1 Å². The van der Waals surface area contributed by atoms with Gasteiger partial charge in [-0.15, -0.1) is 0 Å². The lowest BCUT2D eigenvalue weighted by molar-refractivity contribution is -0.114. The molecule has 1 saturated heterocycles. The molecule has 1 fully saturated rings. The number of carbonyl (C=O) groups is 2. The molecule has 1 aliphatic rings. The highest BCUT2D eigenvalue weighted by atomic mass is 35.5. The fraction of sp³-hybridized carbons (Fsp3) is 0.259. The van der Waals surface area contributed by atoms with Crippen molar-refractivity contribution >= 4 is 44.8 Å². The smallest absolute Gasteiger partial charge is 0.264 e. The second kappa shape index (κ2) is 11.1. The first-order chi connectivity index (χ1) is 17.3. The van der Waals surface area contributed by atoms with E-state index in [9.17, 15) is 18.0 Å². The molecule has 2 amide bonds. The average Bonchev–Trinajstić information content (AvgIpc) is 2.88. The Bertz CT molecular complexity index is 1350. The zero-order chi connectivity index (χ0) is 25.7. The largest absolute Gasteiger partial charge is 0.339 e. The third-order valence-corrected chi connectivity index (χ3v) is 8.09. The lowest BCUT2D eigenvalue weighted by atomic mass is 10.1. The quantitative estimate of drug-likeness (QED) is 0.464. The van der Waals surface area contributed by atoms with Gasteiger partial charge < -0.3 is 10.2 Å². The van der Waals surface area contributed by atoms with Crippen LogP contribution < -0.4 is 9.62 Å². The summed E-state index contributed by atoms with van der Waals surface area (Å²) < 4.78 is 28.2. The standard InChI is InChI=1S/C27H28ClN3O4S/c1-20-8-7-9-22(18-20)31(36(34,35)23-14-12-21(28)13-15-23)19-26(32)29-25-11-4-3-10-24(25)27(33)30-16-5-2-6-17-30/h3-4,7-15,18H,2,5-6,16-17,19H2,1H3,(H,29,32).